The van der Waals surface area contributed by atoms with Crippen LogP contribution in [0.15, 0.2) is 370 Å². The van der Waals surface area contributed by atoms with Gasteiger partial charge >= 0.3 is 0 Å². The Kier molecular flexibility index (Phi) is 12.1. The molecule has 0 fully saturated rings. The van der Waals surface area contributed by atoms with Crippen molar-refractivity contribution >= 4 is 78.0 Å². The number of hydrogen-bond donors (Lipinski definition) is 0. The molecule has 0 N–H and O–H groups in total. The zero-order valence-corrected chi connectivity index (χ0v) is 54.0. The largest absolute Gasteiger partial charge is 0.459 e. The first-order valence-corrected chi connectivity index (χ1v) is 34.2. The average molecular weight is 1280 g/mol. The molecule has 100 heavy (non-hydrogen) atoms. The zero-order chi connectivity index (χ0) is 65.6. The predicted octanol–water partition coefficient (Wildman–Crippen LogP) is 25.3. The minimum Gasteiger partial charge on any atom is -0.459 e. The maximum absolute atomic E-state index is 8.22. The van der Waals surface area contributed by atoms with Crippen molar-refractivity contribution in [1.82, 2.24) is 0 Å². The molecule has 18 aromatic rings. The summed E-state index contributed by atoms with van der Waals surface area (Å²) >= 11 is 0. The Balaban J connectivity index is 0.816. The van der Waals surface area contributed by atoms with E-state index in [-0.39, 0.29) is 0 Å². The van der Waals surface area contributed by atoms with Gasteiger partial charge < -0.3 is 27.5 Å². The van der Waals surface area contributed by atoms with Crippen molar-refractivity contribution in [1.29, 1.82) is 0 Å². The van der Waals surface area contributed by atoms with Crippen LogP contribution < -0.4 is 9.80 Å². The second-order valence-corrected chi connectivity index (χ2v) is 26.5. The SMILES string of the molecule is c1ccc(N2c3ccccc3C3(c4ccccc42)c2cc(-c4cccc(-c5cccc(-c6cccc7c6oc6ccccc67)c5)c4)oc2C2(c4ccccc4N(c4ccccc4)c4ccccc42)c2cc(-c4cccc(-c5cccc(-c6cccc7c6oc6ccccc67)c5)c4)oc23)cc1. The summed E-state index contributed by atoms with van der Waals surface area (Å²) < 4.78 is 29.7. The molecule has 1 aliphatic carbocycles. The zero-order valence-electron chi connectivity index (χ0n) is 54.0. The van der Waals surface area contributed by atoms with Crippen molar-refractivity contribution in [3.63, 3.8) is 0 Å². The smallest absolute Gasteiger partial charge is 0.143 e. The minimum atomic E-state index is -1.11. The van der Waals surface area contributed by atoms with Crippen molar-refractivity contribution in [2.75, 3.05) is 9.80 Å². The topological polar surface area (TPSA) is 59.0 Å². The van der Waals surface area contributed by atoms with Crippen LogP contribution in [0.5, 0.6) is 0 Å². The molecule has 4 aromatic heterocycles. The Morgan fingerprint density at radius 1 is 0.210 bits per heavy atom. The van der Waals surface area contributed by atoms with Gasteiger partial charge in [-0.15, -0.1) is 0 Å². The average Bonchev–Trinajstić information content (AvgIpc) is 1.31. The highest BCUT2D eigenvalue weighted by atomic mass is 16.4. The normalized spacial score (nSPS) is 13.7. The highest BCUT2D eigenvalue weighted by molar-refractivity contribution is 6.11. The molecule has 6 nitrogen and oxygen atoms in total. The Labute approximate surface area is 576 Å². The van der Waals surface area contributed by atoms with Crippen LogP contribution in [0.1, 0.15) is 44.9 Å². The fourth-order valence-corrected chi connectivity index (χ4v) is 17.1. The Morgan fingerprint density at radius 2 is 0.510 bits per heavy atom. The van der Waals surface area contributed by atoms with Crippen molar-refractivity contribution < 1.29 is 17.7 Å². The predicted molar refractivity (Wildman–Crippen MR) is 405 cm³/mol. The lowest BCUT2D eigenvalue weighted by atomic mass is 9.53. The van der Waals surface area contributed by atoms with E-state index in [1.54, 1.807) is 0 Å². The van der Waals surface area contributed by atoms with Gasteiger partial charge in [-0.05, 0) is 153 Å². The number of nitrogens with zero attached hydrogens (tertiary/aromatic N) is 2. The minimum absolute atomic E-state index is 0.742. The van der Waals surface area contributed by atoms with Gasteiger partial charge in [-0.3, -0.25) is 0 Å². The summed E-state index contributed by atoms with van der Waals surface area (Å²) in [7, 11) is 0. The van der Waals surface area contributed by atoms with Gasteiger partial charge in [0.05, 0.1) is 22.7 Å². The van der Waals surface area contributed by atoms with E-state index < -0.39 is 10.8 Å². The van der Waals surface area contributed by atoms with Crippen molar-refractivity contribution in [2.24, 2.45) is 0 Å². The summed E-state index contributed by atoms with van der Waals surface area (Å²) in [5.74, 6) is 3.13. The number of fused-ring (bicyclic) bond motifs is 20. The van der Waals surface area contributed by atoms with E-state index in [1.807, 2.05) is 24.3 Å². The molecule has 468 valence electrons. The lowest BCUT2D eigenvalue weighted by molar-refractivity contribution is 0.400. The van der Waals surface area contributed by atoms with E-state index in [1.165, 1.54) is 0 Å². The van der Waals surface area contributed by atoms with Crippen LogP contribution in [0.25, 0.3) is 111 Å². The van der Waals surface area contributed by atoms with Crippen molar-refractivity contribution in [3.05, 3.63) is 397 Å². The fraction of sp³-hybridized carbons (Fsp3) is 0.0213. The van der Waals surface area contributed by atoms with Crippen molar-refractivity contribution in [2.45, 2.75) is 10.8 Å². The van der Waals surface area contributed by atoms with Crippen LogP contribution in [-0.2, 0) is 10.8 Å². The first kappa shape index (κ1) is 56.1. The highest BCUT2D eigenvalue weighted by Crippen LogP contribution is 2.70. The number of para-hydroxylation sites is 10. The Bertz CT molecular complexity index is 5810. The van der Waals surface area contributed by atoms with Gasteiger partial charge in [-0.25, -0.2) is 0 Å². The maximum atomic E-state index is 8.22. The van der Waals surface area contributed by atoms with Crippen LogP contribution in [0.3, 0.4) is 0 Å². The lowest BCUT2D eigenvalue weighted by Gasteiger charge is -2.52. The maximum Gasteiger partial charge on any atom is 0.143 e. The van der Waals surface area contributed by atoms with E-state index in [9.17, 15) is 0 Å². The fourth-order valence-electron chi connectivity index (χ4n) is 17.1. The van der Waals surface area contributed by atoms with Gasteiger partial charge in [-0.1, -0.05) is 255 Å². The number of hydrogen-bond acceptors (Lipinski definition) is 6. The number of benzene rings is 14. The number of furan rings is 4. The van der Waals surface area contributed by atoms with Crippen LogP contribution in [0.4, 0.5) is 34.1 Å². The van der Waals surface area contributed by atoms with Crippen molar-refractivity contribution in [3.8, 4) is 67.2 Å². The van der Waals surface area contributed by atoms with E-state index in [0.29, 0.717) is 0 Å². The van der Waals surface area contributed by atoms with Crippen LogP contribution >= 0.6 is 0 Å². The molecule has 2 aliphatic heterocycles. The molecule has 0 saturated heterocycles. The molecular weight excluding hydrogens is 1220 g/mol. The first-order valence-electron chi connectivity index (χ1n) is 34.2. The molecule has 0 atom stereocenters. The Morgan fingerprint density at radius 3 is 0.900 bits per heavy atom. The molecule has 0 amide bonds. The van der Waals surface area contributed by atoms with E-state index >= 15 is 0 Å². The van der Waals surface area contributed by atoms with Gasteiger partial charge in [0.15, 0.2) is 0 Å². The van der Waals surface area contributed by atoms with Crippen LogP contribution in [0.2, 0.25) is 0 Å². The molecule has 6 heterocycles. The number of rotatable bonds is 8. The molecule has 3 aliphatic rings. The summed E-state index contributed by atoms with van der Waals surface area (Å²) in [6.45, 7) is 0. The summed E-state index contributed by atoms with van der Waals surface area (Å²) in [4.78, 5) is 4.85. The first-order chi connectivity index (χ1) is 49.6. The van der Waals surface area contributed by atoms with Crippen LogP contribution in [0, 0.1) is 0 Å². The summed E-state index contributed by atoms with van der Waals surface area (Å²) in [6, 6.07) is 127. The molecular formula is C94H58N2O4. The quantitative estimate of drug-likeness (QED) is 0.151. The molecule has 0 radical (unpaired) electrons. The third-order valence-corrected chi connectivity index (χ3v) is 21.3. The standard InChI is InChI=1S/C94H58N2O4/c1-3-33-67(34-4-1)95-81-47-13-9-43-75(81)93(76-44-10-14-48-82(76)95)79-57-87(65-31-21-27-61(55-65)59-25-19-29-63(53-59)69-39-23-41-73-71-37-7-17-51-85(71)97-89(69)73)100-92(79)94(77-45-11-15-49-83(77)96(68-35-5-2-6-36-68)84-50-16-12-46-78(84)94)80-58-88(99-91(80)93)66-32-22-28-62(56-66)60-26-20-30-64(54-60)70-40-24-42-74-72-38-8-18-52-86(72)98-90(70)74/h1-58H. The third kappa shape index (κ3) is 8.01. The summed E-state index contributed by atoms with van der Waals surface area (Å²) in [5, 5.41) is 4.42. The molecule has 0 saturated carbocycles. The van der Waals surface area contributed by atoms with Gasteiger partial charge in [0, 0.05) is 66.3 Å². The van der Waals surface area contributed by atoms with E-state index in [0.717, 1.165) is 190 Å². The Hall–Kier alpha value is -13.2. The highest BCUT2D eigenvalue weighted by Gasteiger charge is 2.63. The molecule has 0 unspecified atom stereocenters. The monoisotopic (exact) mass is 1280 g/mol. The van der Waals surface area contributed by atoms with E-state index in [4.69, 9.17) is 17.7 Å². The molecule has 0 bridgehead atoms. The molecule has 6 heteroatoms. The van der Waals surface area contributed by atoms with Gasteiger partial charge in [0.25, 0.3) is 0 Å². The second kappa shape index (κ2) is 21.7. The van der Waals surface area contributed by atoms with E-state index in [2.05, 4.69) is 337 Å². The second-order valence-electron chi connectivity index (χ2n) is 26.5. The molecule has 14 aromatic carbocycles. The van der Waals surface area contributed by atoms with Gasteiger partial charge in [0.2, 0.25) is 0 Å². The third-order valence-electron chi connectivity index (χ3n) is 21.3. The lowest BCUT2D eigenvalue weighted by Crippen LogP contribution is -2.48. The molecule has 21 rings (SSSR count). The summed E-state index contributed by atoms with van der Waals surface area (Å²) in [6.07, 6.45) is 0. The van der Waals surface area contributed by atoms with Gasteiger partial charge in [0.1, 0.15) is 56.2 Å². The number of anilines is 6. The summed E-state index contributed by atoms with van der Waals surface area (Å²) in [5.41, 5.74) is 24.3. The van der Waals surface area contributed by atoms with Gasteiger partial charge in [-0.2, -0.15) is 0 Å². The molecule has 2 spiro atoms. The van der Waals surface area contributed by atoms with Crippen LogP contribution in [-0.4, -0.2) is 0 Å².